The maximum atomic E-state index is 13.7. The highest BCUT2D eigenvalue weighted by Gasteiger charge is 2.21. The number of aromatic amines is 1. The minimum absolute atomic E-state index is 0.114. The van der Waals surface area contributed by atoms with Crippen molar-refractivity contribution in [3.63, 3.8) is 0 Å². The van der Waals surface area contributed by atoms with Crippen LogP contribution in [0.25, 0.3) is 11.0 Å². The number of hydrogen-bond acceptors (Lipinski definition) is 5. The first-order valence-corrected chi connectivity index (χ1v) is 7.77. The van der Waals surface area contributed by atoms with Crippen molar-refractivity contribution in [3.8, 4) is 0 Å². The summed E-state index contributed by atoms with van der Waals surface area (Å²) < 4.78 is 43.2. The second-order valence-electron chi connectivity index (χ2n) is 4.52. The summed E-state index contributed by atoms with van der Waals surface area (Å²) in [6, 6.07) is 0. The number of anilines is 1. The average molecular weight is 338 g/mol. The van der Waals surface area contributed by atoms with Crippen molar-refractivity contribution in [2.24, 2.45) is 0 Å². The van der Waals surface area contributed by atoms with E-state index in [9.17, 15) is 18.1 Å². The third kappa shape index (κ3) is 3.69. The molecular weight excluding hydrogens is 325 g/mol. The Morgan fingerprint density at radius 2 is 2.23 bits per heavy atom. The summed E-state index contributed by atoms with van der Waals surface area (Å²) in [5.41, 5.74) is 4.47. The van der Waals surface area contributed by atoms with Gasteiger partial charge in [0.2, 0.25) is 5.95 Å². The van der Waals surface area contributed by atoms with E-state index < -0.39 is 38.1 Å². The van der Waals surface area contributed by atoms with Crippen molar-refractivity contribution < 1.29 is 27.9 Å². The van der Waals surface area contributed by atoms with E-state index in [4.69, 9.17) is 20.3 Å². The van der Waals surface area contributed by atoms with Crippen LogP contribution in [0.2, 0.25) is 0 Å². The summed E-state index contributed by atoms with van der Waals surface area (Å²) in [4.78, 5) is 34.9. The summed E-state index contributed by atoms with van der Waals surface area (Å²) in [5, 5.41) is -0.346. The lowest BCUT2D eigenvalue weighted by Gasteiger charge is -2.16. The number of H-pyrrole nitrogens is 1. The number of nitrogens with one attached hydrogen (secondary N) is 1. The SMILES string of the molecule is Nc1nc2c(c(F)cn2C[C@@H](CF)OCP(=O)(O)O)c(=O)[nH]1. The molecule has 0 saturated heterocycles. The fourth-order valence-electron chi connectivity index (χ4n) is 1.87. The minimum Gasteiger partial charge on any atom is -0.369 e. The molecule has 2 heterocycles. The van der Waals surface area contributed by atoms with Gasteiger partial charge in [-0.05, 0) is 0 Å². The topological polar surface area (TPSA) is 143 Å². The van der Waals surface area contributed by atoms with Gasteiger partial charge < -0.3 is 24.8 Å². The van der Waals surface area contributed by atoms with E-state index in [1.807, 2.05) is 0 Å². The standard InChI is InChI=1S/C10H13F2N4O5P/c11-1-5(21-4-22(18,19)20)2-16-3-6(12)7-8(16)14-10(13)15-9(7)17/h3,5H,1-2,4H2,(H2,18,19,20)(H3,13,14,15,17)/t5-/m1/s1. The molecule has 12 heteroatoms. The molecule has 0 fully saturated rings. The number of nitrogens with zero attached hydrogens (tertiary/aromatic N) is 2. The van der Waals surface area contributed by atoms with Gasteiger partial charge in [0.05, 0.1) is 6.54 Å². The maximum absolute atomic E-state index is 13.7. The second kappa shape index (κ2) is 6.13. The fraction of sp³-hybridized carbons (Fsp3) is 0.400. The lowest BCUT2D eigenvalue weighted by Crippen LogP contribution is -2.23. The van der Waals surface area contributed by atoms with E-state index in [1.54, 1.807) is 0 Å². The summed E-state index contributed by atoms with van der Waals surface area (Å²) in [6.07, 6.45) is -1.31. The van der Waals surface area contributed by atoms with Crippen molar-refractivity contribution in [2.75, 3.05) is 18.8 Å². The van der Waals surface area contributed by atoms with Gasteiger partial charge in [-0.1, -0.05) is 0 Å². The summed E-state index contributed by atoms with van der Waals surface area (Å²) in [5.74, 6) is -1.12. The highest BCUT2D eigenvalue weighted by Crippen LogP contribution is 2.34. The predicted molar refractivity (Wildman–Crippen MR) is 72.5 cm³/mol. The zero-order chi connectivity index (χ0) is 16.5. The Labute approximate surface area is 121 Å². The van der Waals surface area contributed by atoms with Crippen LogP contribution in [0.3, 0.4) is 0 Å². The zero-order valence-corrected chi connectivity index (χ0v) is 12.0. The molecule has 0 saturated carbocycles. The van der Waals surface area contributed by atoms with Crippen molar-refractivity contribution >= 4 is 24.6 Å². The number of fused-ring (bicyclic) bond motifs is 1. The Hall–Kier alpha value is -1.81. The summed E-state index contributed by atoms with van der Waals surface area (Å²) >= 11 is 0. The van der Waals surface area contributed by atoms with Gasteiger partial charge in [0.25, 0.3) is 5.56 Å². The molecule has 0 aliphatic rings. The Bertz CT molecular complexity index is 785. The highest BCUT2D eigenvalue weighted by molar-refractivity contribution is 7.51. The molecule has 0 aliphatic heterocycles. The van der Waals surface area contributed by atoms with Crippen molar-refractivity contribution in [1.82, 2.24) is 14.5 Å². The first-order chi connectivity index (χ1) is 10.2. The first kappa shape index (κ1) is 16.6. The van der Waals surface area contributed by atoms with Gasteiger partial charge in [0.1, 0.15) is 24.5 Å². The minimum atomic E-state index is -4.46. The molecule has 122 valence electrons. The van der Waals surface area contributed by atoms with E-state index in [1.165, 1.54) is 0 Å². The Morgan fingerprint density at radius 3 is 2.82 bits per heavy atom. The Kier molecular flexibility index (Phi) is 4.61. The van der Waals surface area contributed by atoms with Crippen LogP contribution in [-0.2, 0) is 15.8 Å². The molecule has 5 N–H and O–H groups in total. The summed E-state index contributed by atoms with van der Waals surface area (Å²) in [7, 11) is -4.46. The van der Waals surface area contributed by atoms with Crippen LogP contribution in [-0.4, -0.2) is 43.4 Å². The van der Waals surface area contributed by atoms with Crippen LogP contribution in [0.5, 0.6) is 0 Å². The number of hydrogen-bond donors (Lipinski definition) is 4. The second-order valence-corrected chi connectivity index (χ2v) is 6.10. The lowest BCUT2D eigenvalue weighted by atomic mass is 10.4. The molecular formula is C10H13F2N4O5P. The number of ether oxygens (including phenoxy) is 1. The van der Waals surface area contributed by atoms with Crippen LogP contribution in [0.15, 0.2) is 11.0 Å². The predicted octanol–water partition coefficient (Wildman–Crippen LogP) is -0.0642. The smallest absolute Gasteiger partial charge is 0.350 e. The first-order valence-electron chi connectivity index (χ1n) is 5.97. The average Bonchev–Trinajstić information content (AvgIpc) is 2.69. The van der Waals surface area contributed by atoms with Gasteiger partial charge in [-0.25, -0.2) is 8.78 Å². The molecule has 1 atom stereocenters. The van der Waals surface area contributed by atoms with Crippen molar-refractivity contribution in [3.05, 3.63) is 22.4 Å². The zero-order valence-electron chi connectivity index (χ0n) is 11.1. The number of aromatic nitrogens is 3. The maximum Gasteiger partial charge on any atom is 0.350 e. The Balaban J connectivity index is 2.31. The number of halogens is 2. The van der Waals surface area contributed by atoms with E-state index >= 15 is 0 Å². The quantitative estimate of drug-likeness (QED) is 0.540. The molecule has 0 unspecified atom stereocenters. The van der Waals surface area contributed by atoms with Gasteiger partial charge in [-0.2, -0.15) is 4.98 Å². The monoisotopic (exact) mass is 338 g/mol. The molecule has 9 nitrogen and oxygen atoms in total. The fourth-order valence-corrected chi connectivity index (χ4v) is 2.28. The molecule has 0 aliphatic carbocycles. The van der Waals surface area contributed by atoms with Gasteiger partial charge in [-0.3, -0.25) is 14.3 Å². The highest BCUT2D eigenvalue weighted by atomic mass is 31.2. The molecule has 2 aromatic rings. The third-order valence-electron chi connectivity index (χ3n) is 2.75. The van der Waals surface area contributed by atoms with E-state index in [2.05, 4.69) is 9.97 Å². The van der Waals surface area contributed by atoms with Crippen molar-refractivity contribution in [1.29, 1.82) is 0 Å². The molecule has 22 heavy (non-hydrogen) atoms. The number of nitrogens with two attached hydrogens (primary N) is 1. The van der Waals surface area contributed by atoms with Gasteiger partial charge in [-0.15, -0.1) is 0 Å². The molecule has 0 amide bonds. The van der Waals surface area contributed by atoms with E-state index in [-0.39, 0.29) is 23.5 Å². The molecule has 0 aromatic carbocycles. The van der Waals surface area contributed by atoms with Crippen LogP contribution in [0.1, 0.15) is 0 Å². The normalized spacial score (nSPS) is 13.6. The van der Waals surface area contributed by atoms with Crippen molar-refractivity contribution in [2.45, 2.75) is 12.6 Å². The largest absolute Gasteiger partial charge is 0.369 e. The molecule has 0 spiro atoms. The van der Waals surface area contributed by atoms with E-state index in [0.717, 1.165) is 10.8 Å². The van der Waals surface area contributed by atoms with Gasteiger partial charge in [0.15, 0.2) is 11.5 Å². The van der Waals surface area contributed by atoms with Crippen LogP contribution in [0, 0.1) is 5.82 Å². The van der Waals surface area contributed by atoms with E-state index in [0.29, 0.717) is 0 Å². The third-order valence-corrected chi connectivity index (χ3v) is 3.23. The number of nitrogen functional groups attached to an aromatic ring is 1. The molecule has 0 radical (unpaired) electrons. The molecule has 2 rings (SSSR count). The van der Waals surface area contributed by atoms with Gasteiger partial charge in [0, 0.05) is 6.20 Å². The van der Waals surface area contributed by atoms with Gasteiger partial charge >= 0.3 is 7.60 Å². The summed E-state index contributed by atoms with van der Waals surface area (Å²) in [6.45, 7) is -1.37. The van der Waals surface area contributed by atoms with Crippen LogP contribution in [0.4, 0.5) is 14.7 Å². The van der Waals surface area contributed by atoms with Crippen LogP contribution >= 0.6 is 7.60 Å². The Morgan fingerprint density at radius 1 is 1.55 bits per heavy atom. The number of alkyl halides is 1. The molecule has 2 aromatic heterocycles. The van der Waals surface area contributed by atoms with Crippen LogP contribution < -0.4 is 11.3 Å². The molecule has 0 bridgehead atoms. The number of rotatable bonds is 6. The lowest BCUT2D eigenvalue weighted by molar-refractivity contribution is 0.0445.